The molecule has 4 N–H and O–H groups in total. The first kappa shape index (κ1) is 26.8. The van der Waals surface area contributed by atoms with Gasteiger partial charge >= 0.3 is 5.97 Å². The number of ether oxygens (including phenoxy) is 2. The van der Waals surface area contributed by atoms with Crippen molar-refractivity contribution in [2.24, 2.45) is 0 Å². The van der Waals surface area contributed by atoms with Crippen LogP contribution in [0.4, 0.5) is 5.69 Å². The average Bonchev–Trinajstić information content (AvgIpc) is 3.30. The van der Waals surface area contributed by atoms with E-state index in [0.29, 0.717) is 46.1 Å². The third-order valence-corrected chi connectivity index (χ3v) is 8.59. The van der Waals surface area contributed by atoms with E-state index in [0.717, 1.165) is 0 Å². The lowest BCUT2D eigenvalue weighted by Crippen LogP contribution is -2.80. The van der Waals surface area contributed by atoms with Gasteiger partial charge in [0.1, 0.15) is 16.8 Å². The Morgan fingerprint density at radius 3 is 2.70 bits per heavy atom. The third kappa shape index (κ3) is 4.73. The fourth-order valence-corrected chi connectivity index (χ4v) is 6.64. The molecule has 0 radical (unpaired) electrons. The van der Waals surface area contributed by atoms with E-state index < -0.39 is 28.9 Å². The van der Waals surface area contributed by atoms with Crippen molar-refractivity contribution >= 4 is 47.2 Å². The van der Waals surface area contributed by atoms with E-state index >= 15 is 0 Å². The number of aromatic nitrogens is 4. The number of amides is 2. The van der Waals surface area contributed by atoms with Gasteiger partial charge in [0.05, 0.1) is 13.5 Å². The predicted molar refractivity (Wildman–Crippen MR) is 136 cm³/mol. The first-order chi connectivity index (χ1) is 17.7. The van der Waals surface area contributed by atoms with Crippen LogP contribution in [-0.2, 0) is 36.7 Å². The van der Waals surface area contributed by atoms with Crippen LogP contribution >= 0.6 is 23.7 Å². The summed E-state index contributed by atoms with van der Waals surface area (Å²) in [6.07, 6.45) is 0.412. The molecule has 2 amide bonds. The first-order valence-electron chi connectivity index (χ1n) is 11.3. The highest BCUT2D eigenvalue weighted by molar-refractivity contribution is 8.00. The highest BCUT2D eigenvalue weighted by atomic mass is 32.2. The molecule has 0 aliphatic carbocycles. The van der Waals surface area contributed by atoms with Crippen LogP contribution in [0.25, 0.3) is 0 Å². The zero-order chi connectivity index (χ0) is 26.9. The Morgan fingerprint density at radius 1 is 1.35 bits per heavy atom. The SMILES string of the molecule is CCc1cc(O)cc(CC(=O)NC2(OC)C(=O)N3C(C(=O)OC)=C(CSn4nnnc4C)CSC32)c1N. The van der Waals surface area contributed by atoms with Crippen LogP contribution in [0.2, 0.25) is 0 Å². The fourth-order valence-electron chi connectivity index (χ4n) is 4.25. The number of hydrogen-bond donors (Lipinski definition) is 3. The number of nitrogen functional groups attached to an aromatic ring is 1. The van der Waals surface area contributed by atoms with Gasteiger partial charge in [-0.15, -0.1) is 16.9 Å². The molecule has 0 bridgehead atoms. The van der Waals surface area contributed by atoms with Gasteiger partial charge < -0.3 is 25.6 Å². The maximum Gasteiger partial charge on any atom is 0.354 e. The van der Waals surface area contributed by atoms with Crippen molar-refractivity contribution in [1.82, 2.24) is 29.8 Å². The molecule has 1 fully saturated rings. The van der Waals surface area contributed by atoms with Crippen LogP contribution in [0.1, 0.15) is 23.9 Å². The molecule has 4 rings (SSSR count). The number of carbonyl (C=O) groups is 3. The fraction of sp³-hybridized carbons (Fsp3) is 0.455. The number of nitrogens with one attached hydrogen (secondary N) is 1. The standard InChI is InChI=1S/C22H27N7O6S2/c1-5-12-6-15(30)7-13(17(12)23)8-16(31)24-22(35-4)20(33)28-18(19(32)34-3)14(9-36-21(22)28)10-37-29-11(2)25-26-27-29/h6-7,21,30H,5,8-10,23H2,1-4H3,(H,24,31). The zero-order valence-electron chi connectivity index (χ0n) is 20.7. The summed E-state index contributed by atoms with van der Waals surface area (Å²) in [7, 11) is 2.56. The zero-order valence-corrected chi connectivity index (χ0v) is 22.3. The summed E-state index contributed by atoms with van der Waals surface area (Å²) in [6, 6.07) is 2.98. The van der Waals surface area contributed by atoms with Crippen molar-refractivity contribution < 1.29 is 29.0 Å². The molecular formula is C22H27N7O6S2. The molecule has 0 spiro atoms. The molecule has 1 aromatic heterocycles. The Morgan fingerprint density at radius 2 is 2.08 bits per heavy atom. The number of fused-ring (bicyclic) bond motifs is 1. The third-order valence-electron chi connectivity index (χ3n) is 6.15. The number of aryl methyl sites for hydroxylation is 2. The highest BCUT2D eigenvalue weighted by Crippen LogP contribution is 2.47. The summed E-state index contributed by atoms with van der Waals surface area (Å²) in [5, 5.41) is 23.3. The largest absolute Gasteiger partial charge is 0.508 e. The Kier molecular flexibility index (Phi) is 7.66. The molecule has 2 aliphatic rings. The quantitative estimate of drug-likeness (QED) is 0.129. The van der Waals surface area contributed by atoms with E-state index in [-0.39, 0.29) is 17.9 Å². The number of β-lactam (4-membered cyclic amide) rings is 1. The van der Waals surface area contributed by atoms with Gasteiger partial charge in [-0.1, -0.05) is 6.92 Å². The van der Waals surface area contributed by atoms with Gasteiger partial charge in [0.15, 0.2) is 5.82 Å². The molecule has 3 heterocycles. The highest BCUT2D eigenvalue weighted by Gasteiger charge is 2.66. The van der Waals surface area contributed by atoms with Gasteiger partial charge in [-0.25, -0.2) is 4.79 Å². The number of nitrogens with zero attached hydrogens (tertiary/aromatic N) is 5. The van der Waals surface area contributed by atoms with Crippen LogP contribution < -0.4 is 11.1 Å². The molecule has 1 aromatic carbocycles. The second-order valence-electron chi connectivity index (χ2n) is 8.35. The Balaban J connectivity index is 1.56. The van der Waals surface area contributed by atoms with E-state index in [9.17, 15) is 19.5 Å². The van der Waals surface area contributed by atoms with E-state index in [1.807, 2.05) is 6.92 Å². The molecule has 13 nitrogen and oxygen atoms in total. The molecule has 2 aliphatic heterocycles. The summed E-state index contributed by atoms with van der Waals surface area (Å²) < 4.78 is 12.0. The molecule has 198 valence electrons. The molecule has 0 saturated carbocycles. The monoisotopic (exact) mass is 549 g/mol. The Hall–Kier alpha value is -3.30. The minimum absolute atomic E-state index is 0.000777. The Labute approximate surface area is 221 Å². The normalized spacial score (nSPS) is 20.9. The summed E-state index contributed by atoms with van der Waals surface area (Å²) in [5.74, 6) is -0.478. The number of anilines is 1. The number of phenolic OH excluding ortho intramolecular Hbond substituents is 1. The average molecular weight is 550 g/mol. The van der Waals surface area contributed by atoms with Gasteiger partial charge in [-0.2, -0.15) is 4.09 Å². The van der Waals surface area contributed by atoms with Crippen molar-refractivity contribution in [3.63, 3.8) is 0 Å². The van der Waals surface area contributed by atoms with Crippen LogP contribution in [0.15, 0.2) is 23.4 Å². The molecule has 37 heavy (non-hydrogen) atoms. The van der Waals surface area contributed by atoms with Gasteiger partial charge in [0, 0.05) is 24.3 Å². The summed E-state index contributed by atoms with van der Waals surface area (Å²) >= 11 is 2.62. The van der Waals surface area contributed by atoms with Crippen molar-refractivity contribution in [3.05, 3.63) is 40.4 Å². The molecule has 2 aromatic rings. The van der Waals surface area contributed by atoms with Crippen molar-refractivity contribution in [3.8, 4) is 5.75 Å². The van der Waals surface area contributed by atoms with Gasteiger partial charge in [-0.3, -0.25) is 14.5 Å². The molecule has 2 unspecified atom stereocenters. The van der Waals surface area contributed by atoms with E-state index in [2.05, 4.69) is 20.8 Å². The number of thioether (sulfide) groups is 1. The Bertz CT molecular complexity index is 1280. The van der Waals surface area contributed by atoms with Gasteiger partial charge in [0.25, 0.3) is 11.6 Å². The number of aromatic hydroxyl groups is 1. The lowest BCUT2D eigenvalue weighted by atomic mass is 9.97. The number of phenols is 1. The van der Waals surface area contributed by atoms with Crippen LogP contribution in [0.5, 0.6) is 5.75 Å². The van der Waals surface area contributed by atoms with E-state index in [1.165, 1.54) is 53.0 Å². The van der Waals surface area contributed by atoms with Gasteiger partial charge in [-0.05, 0) is 64.6 Å². The second kappa shape index (κ2) is 10.6. The number of nitrogens with two attached hydrogens (primary N) is 1. The minimum Gasteiger partial charge on any atom is -0.508 e. The predicted octanol–water partition coefficient (Wildman–Crippen LogP) is 0.372. The molecule has 2 atom stereocenters. The van der Waals surface area contributed by atoms with Crippen molar-refractivity contribution in [1.29, 1.82) is 0 Å². The number of carbonyl (C=O) groups excluding carboxylic acids is 3. The van der Waals surface area contributed by atoms with E-state index in [4.69, 9.17) is 15.2 Å². The summed E-state index contributed by atoms with van der Waals surface area (Å²) in [6.45, 7) is 3.64. The molecular weight excluding hydrogens is 522 g/mol. The van der Waals surface area contributed by atoms with Gasteiger partial charge in [0.2, 0.25) is 5.91 Å². The van der Waals surface area contributed by atoms with E-state index in [1.54, 1.807) is 13.0 Å². The van der Waals surface area contributed by atoms with Crippen LogP contribution in [0, 0.1) is 6.92 Å². The smallest absolute Gasteiger partial charge is 0.354 e. The minimum atomic E-state index is -1.68. The number of methoxy groups -OCH3 is 2. The van der Waals surface area contributed by atoms with Crippen LogP contribution in [-0.4, -0.2) is 84.2 Å². The second-order valence-corrected chi connectivity index (χ2v) is 10.3. The molecule has 15 heteroatoms. The maximum atomic E-state index is 13.4. The lowest BCUT2D eigenvalue weighted by Gasteiger charge is -2.56. The summed E-state index contributed by atoms with van der Waals surface area (Å²) in [5.41, 5.74) is 6.83. The van der Waals surface area contributed by atoms with Crippen molar-refractivity contribution in [2.75, 3.05) is 31.5 Å². The first-order valence-corrected chi connectivity index (χ1v) is 13.3. The summed E-state index contributed by atoms with van der Waals surface area (Å²) in [4.78, 5) is 40.5. The number of hydrogen-bond acceptors (Lipinski definition) is 12. The maximum absolute atomic E-state index is 13.4. The number of benzene rings is 1. The topological polar surface area (TPSA) is 175 Å². The number of rotatable bonds is 9. The number of tetrazole rings is 1. The lowest BCUT2D eigenvalue weighted by molar-refractivity contribution is -0.192. The molecule has 1 saturated heterocycles. The van der Waals surface area contributed by atoms with Crippen molar-refractivity contribution in [2.45, 2.75) is 37.8 Å². The van der Waals surface area contributed by atoms with Crippen LogP contribution in [0.3, 0.4) is 0 Å². The number of esters is 1.